The molecule has 0 aliphatic heterocycles. The van der Waals surface area contributed by atoms with Gasteiger partial charge in [-0.15, -0.1) is 0 Å². The maximum Gasteiger partial charge on any atom is 0.126 e. The Morgan fingerprint density at radius 2 is 2.22 bits per heavy atom. The van der Waals surface area contributed by atoms with Gasteiger partial charge >= 0.3 is 0 Å². The summed E-state index contributed by atoms with van der Waals surface area (Å²) in [5.74, 6) is 0.982. The molecule has 0 aromatic heterocycles. The average Bonchev–Trinajstić information content (AvgIpc) is 3.10. The van der Waals surface area contributed by atoms with Gasteiger partial charge in [-0.25, -0.2) is 0 Å². The number of nitrogens with zero attached hydrogens (tertiary/aromatic N) is 1. The quantitative estimate of drug-likeness (QED) is 0.837. The van der Waals surface area contributed by atoms with E-state index < -0.39 is 0 Å². The average molecular weight is 244 g/mol. The summed E-state index contributed by atoms with van der Waals surface area (Å²) < 4.78 is 6.01. The van der Waals surface area contributed by atoms with Crippen LogP contribution in [0.1, 0.15) is 30.4 Å². The Morgan fingerprint density at radius 3 is 2.83 bits per heavy atom. The first-order valence-corrected chi connectivity index (χ1v) is 6.44. The van der Waals surface area contributed by atoms with E-state index in [1.807, 2.05) is 7.05 Å². The molecule has 1 aliphatic carbocycles. The van der Waals surface area contributed by atoms with Crippen molar-refractivity contribution in [3.8, 4) is 11.8 Å². The van der Waals surface area contributed by atoms with Gasteiger partial charge in [-0.3, -0.25) is 0 Å². The summed E-state index contributed by atoms with van der Waals surface area (Å²) >= 11 is 0. The third-order valence-electron chi connectivity index (χ3n) is 3.59. The maximum atomic E-state index is 8.82. The summed E-state index contributed by atoms with van der Waals surface area (Å²) in [7, 11) is 1.93. The van der Waals surface area contributed by atoms with Crippen LogP contribution in [0.2, 0.25) is 0 Å². The number of benzene rings is 1. The van der Waals surface area contributed by atoms with Crippen LogP contribution in [-0.4, -0.2) is 13.7 Å². The van der Waals surface area contributed by atoms with Crippen molar-refractivity contribution in [1.82, 2.24) is 5.32 Å². The number of hydrogen-bond donors (Lipinski definition) is 1. The molecule has 18 heavy (non-hydrogen) atoms. The molecular weight excluding hydrogens is 224 g/mol. The Labute approximate surface area is 109 Å². The third-order valence-corrected chi connectivity index (χ3v) is 3.59. The normalized spacial score (nSPS) is 16.1. The molecule has 0 amide bonds. The topological polar surface area (TPSA) is 45.0 Å². The molecule has 0 radical (unpaired) electrons. The first-order valence-electron chi connectivity index (χ1n) is 6.44. The largest absolute Gasteiger partial charge is 0.492 e. The summed E-state index contributed by atoms with van der Waals surface area (Å²) in [5, 5.41) is 12.0. The van der Waals surface area contributed by atoms with E-state index in [1.165, 1.54) is 5.56 Å². The van der Waals surface area contributed by atoms with Gasteiger partial charge in [0.25, 0.3) is 0 Å². The second-order valence-corrected chi connectivity index (χ2v) is 5.22. The second-order valence-electron chi connectivity index (χ2n) is 5.22. The molecule has 1 fully saturated rings. The predicted molar refractivity (Wildman–Crippen MR) is 71.3 cm³/mol. The SMILES string of the molecule is CNCc1cccc(C)c1OCC1(CC#N)CC1. The lowest BCUT2D eigenvalue weighted by Crippen LogP contribution is -2.15. The standard InChI is InChI=1S/C15H20N2O/c1-12-4-3-5-13(10-17-2)14(12)18-11-15(6-7-15)8-9-16/h3-5,17H,6-8,10-11H2,1-2H3. The van der Waals surface area contributed by atoms with Crippen LogP contribution in [0.15, 0.2) is 18.2 Å². The van der Waals surface area contributed by atoms with Crippen LogP contribution in [0, 0.1) is 23.7 Å². The summed E-state index contributed by atoms with van der Waals surface area (Å²) in [6.07, 6.45) is 2.85. The first kappa shape index (κ1) is 12.9. The summed E-state index contributed by atoms with van der Waals surface area (Å²) in [5.41, 5.74) is 2.48. The first-order chi connectivity index (χ1) is 8.71. The molecule has 3 heteroatoms. The lowest BCUT2D eigenvalue weighted by Gasteiger charge is -2.17. The third kappa shape index (κ3) is 2.83. The molecule has 0 spiro atoms. The van der Waals surface area contributed by atoms with Gasteiger partial charge in [0.2, 0.25) is 0 Å². The van der Waals surface area contributed by atoms with Gasteiger partial charge in [0, 0.05) is 23.9 Å². The minimum atomic E-state index is 0.133. The van der Waals surface area contributed by atoms with Crippen LogP contribution in [0.4, 0.5) is 0 Å². The summed E-state index contributed by atoms with van der Waals surface area (Å²) in [6.45, 7) is 3.54. The van der Waals surface area contributed by atoms with Crippen molar-refractivity contribution < 1.29 is 4.74 Å². The second kappa shape index (κ2) is 5.41. The number of nitrogens with one attached hydrogen (secondary N) is 1. The lowest BCUT2D eigenvalue weighted by molar-refractivity contribution is 0.233. The molecule has 0 unspecified atom stereocenters. The molecule has 2 rings (SSSR count). The minimum Gasteiger partial charge on any atom is -0.492 e. The molecule has 0 bridgehead atoms. The molecule has 96 valence electrons. The molecule has 0 atom stereocenters. The van der Waals surface area contributed by atoms with Crippen LogP contribution in [0.25, 0.3) is 0 Å². The number of rotatable bonds is 6. The molecule has 1 N–H and O–H groups in total. The van der Waals surface area contributed by atoms with Gasteiger partial charge in [0.1, 0.15) is 5.75 Å². The van der Waals surface area contributed by atoms with Crippen LogP contribution >= 0.6 is 0 Å². The fraction of sp³-hybridized carbons (Fsp3) is 0.533. The van der Waals surface area contributed by atoms with Crippen molar-refractivity contribution in [2.75, 3.05) is 13.7 Å². The van der Waals surface area contributed by atoms with E-state index in [9.17, 15) is 0 Å². The molecule has 1 saturated carbocycles. The molecule has 1 aromatic rings. The Bertz CT molecular complexity index is 458. The van der Waals surface area contributed by atoms with Crippen molar-refractivity contribution in [2.45, 2.75) is 32.7 Å². The van der Waals surface area contributed by atoms with Crippen LogP contribution in [0.5, 0.6) is 5.75 Å². The Balaban J connectivity index is 2.07. The van der Waals surface area contributed by atoms with Gasteiger partial charge in [-0.2, -0.15) is 5.26 Å². The maximum absolute atomic E-state index is 8.82. The molecule has 1 aromatic carbocycles. The molecule has 3 nitrogen and oxygen atoms in total. The smallest absolute Gasteiger partial charge is 0.126 e. The number of hydrogen-bond acceptors (Lipinski definition) is 3. The zero-order chi connectivity index (χ0) is 13.0. The Kier molecular flexibility index (Phi) is 3.88. The monoisotopic (exact) mass is 244 g/mol. The molecular formula is C15H20N2O. The van der Waals surface area contributed by atoms with Crippen LogP contribution in [-0.2, 0) is 6.54 Å². The minimum absolute atomic E-state index is 0.133. The van der Waals surface area contributed by atoms with E-state index in [-0.39, 0.29) is 5.41 Å². The number of para-hydroxylation sites is 1. The highest BCUT2D eigenvalue weighted by molar-refractivity contribution is 5.40. The van der Waals surface area contributed by atoms with E-state index in [0.29, 0.717) is 13.0 Å². The summed E-state index contributed by atoms with van der Waals surface area (Å²) in [6, 6.07) is 8.48. The highest BCUT2D eigenvalue weighted by atomic mass is 16.5. The highest BCUT2D eigenvalue weighted by Gasteiger charge is 2.43. The molecule has 0 saturated heterocycles. The summed E-state index contributed by atoms with van der Waals surface area (Å²) in [4.78, 5) is 0. The van der Waals surface area contributed by atoms with Crippen molar-refractivity contribution in [3.63, 3.8) is 0 Å². The van der Waals surface area contributed by atoms with Crippen molar-refractivity contribution in [2.24, 2.45) is 5.41 Å². The highest BCUT2D eigenvalue weighted by Crippen LogP contribution is 2.49. The van der Waals surface area contributed by atoms with E-state index in [2.05, 4.69) is 36.5 Å². The van der Waals surface area contributed by atoms with Crippen LogP contribution in [0.3, 0.4) is 0 Å². The van der Waals surface area contributed by atoms with Gasteiger partial charge in [-0.1, -0.05) is 18.2 Å². The Morgan fingerprint density at radius 1 is 1.44 bits per heavy atom. The van der Waals surface area contributed by atoms with Crippen LogP contribution < -0.4 is 10.1 Å². The number of ether oxygens (including phenoxy) is 1. The van der Waals surface area contributed by atoms with Gasteiger partial charge in [-0.05, 0) is 32.4 Å². The number of aryl methyl sites for hydroxylation is 1. The zero-order valence-electron chi connectivity index (χ0n) is 11.1. The van der Waals surface area contributed by atoms with E-state index in [0.717, 1.165) is 30.7 Å². The molecule has 0 heterocycles. The van der Waals surface area contributed by atoms with E-state index >= 15 is 0 Å². The van der Waals surface area contributed by atoms with Gasteiger partial charge in [0.15, 0.2) is 0 Å². The predicted octanol–water partition coefficient (Wildman–Crippen LogP) is 2.79. The van der Waals surface area contributed by atoms with E-state index in [4.69, 9.17) is 10.00 Å². The van der Waals surface area contributed by atoms with Gasteiger partial charge < -0.3 is 10.1 Å². The zero-order valence-corrected chi connectivity index (χ0v) is 11.1. The van der Waals surface area contributed by atoms with Gasteiger partial charge in [0.05, 0.1) is 12.7 Å². The number of nitriles is 1. The van der Waals surface area contributed by atoms with Crippen molar-refractivity contribution >= 4 is 0 Å². The fourth-order valence-corrected chi connectivity index (χ4v) is 2.19. The van der Waals surface area contributed by atoms with E-state index in [1.54, 1.807) is 0 Å². The lowest BCUT2D eigenvalue weighted by atomic mass is 10.0. The van der Waals surface area contributed by atoms with Crippen molar-refractivity contribution in [1.29, 1.82) is 5.26 Å². The molecule has 1 aliphatic rings. The fourth-order valence-electron chi connectivity index (χ4n) is 2.19. The van der Waals surface area contributed by atoms with Crippen molar-refractivity contribution in [3.05, 3.63) is 29.3 Å². The Hall–Kier alpha value is -1.53.